The molecule has 0 saturated heterocycles. The number of rotatable bonds is 4. The van der Waals surface area contributed by atoms with Gasteiger partial charge in [-0.1, -0.05) is 18.2 Å². The summed E-state index contributed by atoms with van der Waals surface area (Å²) in [5.41, 5.74) is 1.04. The van der Waals surface area contributed by atoms with Gasteiger partial charge in [-0.3, -0.25) is 4.79 Å². The first-order chi connectivity index (χ1) is 11.3. The van der Waals surface area contributed by atoms with Gasteiger partial charge in [-0.05, 0) is 35.9 Å². The van der Waals surface area contributed by atoms with E-state index in [4.69, 9.17) is 5.14 Å². The number of nitrogens with two attached hydrogens (primary N) is 1. The first-order valence-electron chi connectivity index (χ1n) is 6.91. The van der Waals surface area contributed by atoms with Crippen LogP contribution in [-0.4, -0.2) is 14.3 Å². The number of benzene rings is 2. The lowest BCUT2D eigenvalue weighted by molar-refractivity contribution is 0.103. The van der Waals surface area contributed by atoms with E-state index in [1.54, 1.807) is 36.4 Å². The number of sulfonamides is 1. The highest BCUT2D eigenvalue weighted by atomic mass is 32.2. The summed E-state index contributed by atoms with van der Waals surface area (Å²) in [7, 11) is -3.60. The van der Waals surface area contributed by atoms with Gasteiger partial charge in [0, 0.05) is 15.8 Å². The summed E-state index contributed by atoms with van der Waals surface area (Å²) in [6.07, 6.45) is 0. The van der Waals surface area contributed by atoms with Gasteiger partial charge in [-0.25, -0.2) is 17.9 Å². The third-order valence-electron chi connectivity index (χ3n) is 3.31. The van der Waals surface area contributed by atoms with Gasteiger partial charge in [0.2, 0.25) is 10.0 Å². The maximum absolute atomic E-state index is 13.7. The van der Waals surface area contributed by atoms with Crippen molar-refractivity contribution in [2.24, 2.45) is 5.14 Å². The van der Waals surface area contributed by atoms with E-state index >= 15 is 0 Å². The first-order valence-corrected chi connectivity index (χ1v) is 9.44. The average Bonchev–Trinajstić information content (AvgIpc) is 2.93. The van der Waals surface area contributed by atoms with Gasteiger partial charge < -0.3 is 5.32 Å². The van der Waals surface area contributed by atoms with Crippen molar-refractivity contribution in [3.05, 3.63) is 64.8 Å². The lowest BCUT2D eigenvalue weighted by atomic mass is 10.2. The molecule has 3 rings (SSSR count). The van der Waals surface area contributed by atoms with Crippen LogP contribution in [0, 0.1) is 5.82 Å². The number of nitrogens with one attached hydrogen (secondary N) is 1. The molecular formula is C16H13FN2O3S2. The van der Waals surface area contributed by atoms with Gasteiger partial charge in [0.05, 0.1) is 10.6 Å². The van der Waals surface area contributed by atoms with Crippen molar-refractivity contribution >= 4 is 43.0 Å². The van der Waals surface area contributed by atoms with Crippen LogP contribution in [0.15, 0.2) is 48.5 Å². The number of halogens is 1. The number of primary sulfonamides is 1. The van der Waals surface area contributed by atoms with Crippen molar-refractivity contribution in [1.29, 1.82) is 0 Å². The molecule has 0 aliphatic rings. The molecule has 1 heterocycles. The standard InChI is InChI=1S/C16H13FN2O3S2/c17-13-2-1-3-14-12(13)8-15(23-14)16(20)19-11-6-4-10(5-7-11)9-24(18,21)22/h1-8H,9H2,(H,19,20)(H2,18,21,22). The number of anilines is 1. The molecule has 1 aromatic heterocycles. The molecule has 3 aromatic rings. The van der Waals surface area contributed by atoms with Crippen LogP contribution in [0.5, 0.6) is 0 Å². The Hall–Kier alpha value is -2.29. The Bertz CT molecular complexity index is 1010. The van der Waals surface area contributed by atoms with Crippen LogP contribution < -0.4 is 10.5 Å². The number of amides is 1. The summed E-state index contributed by atoms with van der Waals surface area (Å²) in [5.74, 6) is -0.985. The number of carbonyl (C=O) groups is 1. The van der Waals surface area contributed by atoms with Gasteiger partial charge in [-0.15, -0.1) is 11.3 Å². The zero-order valence-electron chi connectivity index (χ0n) is 12.3. The number of fused-ring (bicyclic) bond motifs is 1. The Morgan fingerprint density at radius 1 is 1.17 bits per heavy atom. The van der Waals surface area contributed by atoms with E-state index in [-0.39, 0.29) is 17.5 Å². The second-order valence-electron chi connectivity index (χ2n) is 5.22. The fraction of sp³-hybridized carbons (Fsp3) is 0.0625. The first kappa shape index (κ1) is 16.6. The van der Waals surface area contributed by atoms with Crippen molar-refractivity contribution in [1.82, 2.24) is 0 Å². The van der Waals surface area contributed by atoms with Crippen LogP contribution in [-0.2, 0) is 15.8 Å². The zero-order valence-corrected chi connectivity index (χ0v) is 14.0. The lowest BCUT2D eigenvalue weighted by Crippen LogP contribution is -2.14. The summed E-state index contributed by atoms with van der Waals surface area (Å²) < 4.78 is 36.5. The Kier molecular flexibility index (Phi) is 4.35. The molecular weight excluding hydrogens is 351 g/mol. The molecule has 0 spiro atoms. The van der Waals surface area contributed by atoms with Crippen LogP contribution >= 0.6 is 11.3 Å². The number of carbonyl (C=O) groups excluding carboxylic acids is 1. The number of hydrogen-bond donors (Lipinski definition) is 2. The average molecular weight is 364 g/mol. The van der Waals surface area contributed by atoms with E-state index in [0.29, 0.717) is 26.2 Å². The molecule has 24 heavy (non-hydrogen) atoms. The van der Waals surface area contributed by atoms with E-state index < -0.39 is 10.0 Å². The fourth-order valence-corrected chi connectivity index (χ4v) is 3.87. The maximum atomic E-state index is 13.7. The SMILES string of the molecule is NS(=O)(=O)Cc1ccc(NC(=O)c2cc3c(F)cccc3s2)cc1. The van der Waals surface area contributed by atoms with Gasteiger partial charge in [0.25, 0.3) is 5.91 Å². The number of hydrogen-bond acceptors (Lipinski definition) is 4. The molecule has 0 aliphatic carbocycles. The summed E-state index contributed by atoms with van der Waals surface area (Å²) in [4.78, 5) is 12.7. The Labute approximate surface area is 142 Å². The minimum atomic E-state index is -3.60. The smallest absolute Gasteiger partial charge is 0.265 e. The third-order valence-corrected chi connectivity index (χ3v) is 5.15. The predicted molar refractivity (Wildman–Crippen MR) is 93.0 cm³/mol. The normalized spacial score (nSPS) is 11.6. The van der Waals surface area contributed by atoms with E-state index in [2.05, 4.69) is 5.32 Å². The van der Waals surface area contributed by atoms with Gasteiger partial charge in [0.15, 0.2) is 0 Å². The van der Waals surface area contributed by atoms with E-state index in [9.17, 15) is 17.6 Å². The molecule has 0 unspecified atom stereocenters. The molecule has 0 bridgehead atoms. The molecule has 2 aromatic carbocycles. The van der Waals surface area contributed by atoms with Gasteiger partial charge >= 0.3 is 0 Å². The van der Waals surface area contributed by atoms with Crippen LogP contribution in [0.25, 0.3) is 10.1 Å². The van der Waals surface area contributed by atoms with Crippen molar-refractivity contribution in [3.8, 4) is 0 Å². The minimum Gasteiger partial charge on any atom is -0.321 e. The van der Waals surface area contributed by atoms with Crippen molar-refractivity contribution in [3.63, 3.8) is 0 Å². The Morgan fingerprint density at radius 3 is 2.50 bits per heavy atom. The Balaban J connectivity index is 1.77. The van der Waals surface area contributed by atoms with Crippen LogP contribution in [0.1, 0.15) is 15.2 Å². The molecule has 8 heteroatoms. The molecule has 5 nitrogen and oxygen atoms in total. The molecule has 0 aliphatic heterocycles. The van der Waals surface area contributed by atoms with Crippen molar-refractivity contribution in [2.45, 2.75) is 5.75 Å². The zero-order chi connectivity index (χ0) is 17.3. The second kappa shape index (κ2) is 6.31. The summed E-state index contributed by atoms with van der Waals surface area (Å²) in [5, 5.41) is 8.09. The van der Waals surface area contributed by atoms with E-state index in [1.807, 2.05) is 0 Å². The van der Waals surface area contributed by atoms with Gasteiger partial charge in [-0.2, -0.15) is 0 Å². The summed E-state index contributed by atoms with van der Waals surface area (Å²) in [6.45, 7) is 0. The van der Waals surface area contributed by atoms with Crippen molar-refractivity contribution in [2.75, 3.05) is 5.32 Å². The molecule has 0 fully saturated rings. The summed E-state index contributed by atoms with van der Waals surface area (Å²) in [6, 6.07) is 12.5. The topological polar surface area (TPSA) is 89.3 Å². The second-order valence-corrected chi connectivity index (χ2v) is 7.92. The van der Waals surface area contributed by atoms with Gasteiger partial charge in [0.1, 0.15) is 5.82 Å². The van der Waals surface area contributed by atoms with Crippen LogP contribution in [0.3, 0.4) is 0 Å². The lowest BCUT2D eigenvalue weighted by Gasteiger charge is -2.05. The third kappa shape index (κ3) is 3.78. The predicted octanol–water partition coefficient (Wildman–Crippen LogP) is 3.08. The molecule has 1 amide bonds. The maximum Gasteiger partial charge on any atom is 0.265 e. The van der Waals surface area contributed by atoms with E-state index in [1.165, 1.54) is 23.5 Å². The summed E-state index contributed by atoms with van der Waals surface area (Å²) >= 11 is 1.20. The molecule has 0 saturated carbocycles. The molecule has 0 radical (unpaired) electrons. The molecule has 0 atom stereocenters. The van der Waals surface area contributed by atoms with Crippen LogP contribution in [0.2, 0.25) is 0 Å². The largest absolute Gasteiger partial charge is 0.321 e. The highest BCUT2D eigenvalue weighted by molar-refractivity contribution is 7.88. The van der Waals surface area contributed by atoms with Crippen LogP contribution in [0.4, 0.5) is 10.1 Å². The monoisotopic (exact) mass is 364 g/mol. The highest BCUT2D eigenvalue weighted by Gasteiger charge is 2.13. The van der Waals surface area contributed by atoms with Crippen molar-refractivity contribution < 1.29 is 17.6 Å². The molecule has 3 N–H and O–H groups in total. The number of thiophene rings is 1. The Morgan fingerprint density at radius 2 is 1.88 bits per heavy atom. The van der Waals surface area contributed by atoms with E-state index in [0.717, 1.165) is 0 Å². The quantitative estimate of drug-likeness (QED) is 0.745. The fourth-order valence-electron chi connectivity index (χ4n) is 2.25. The highest BCUT2D eigenvalue weighted by Crippen LogP contribution is 2.28. The minimum absolute atomic E-state index is 0.267. The molecule has 124 valence electrons.